The van der Waals surface area contributed by atoms with Crippen molar-refractivity contribution in [3.05, 3.63) is 0 Å². The molecule has 0 aliphatic rings. The lowest BCUT2D eigenvalue weighted by atomic mass is 10.0. The number of hydrogen-bond acceptors (Lipinski definition) is 5. The van der Waals surface area contributed by atoms with Crippen LogP contribution in [0.1, 0.15) is 258 Å². The quantitative estimate of drug-likeness (QED) is 0.0320. The van der Waals surface area contributed by atoms with E-state index in [2.05, 4.69) is 19.2 Å². The number of amides is 1. The third kappa shape index (κ3) is 43.6. The number of rotatable bonds is 47. The molecule has 8 nitrogen and oxygen atoms in total. The molecule has 0 heterocycles. The molecule has 3 atom stereocenters. The molecule has 0 radical (unpaired) electrons. The molecule has 0 spiro atoms. The molecule has 348 valence electrons. The summed E-state index contributed by atoms with van der Waals surface area (Å²) in [7, 11) is 1.63. The molecule has 0 rings (SSSR count). The summed E-state index contributed by atoms with van der Waals surface area (Å²) in [4.78, 5) is 23.0. The Bertz CT molecular complexity index is 916. The van der Waals surface area contributed by atoms with Crippen LogP contribution >= 0.6 is 7.82 Å². The number of hydrogen-bond donors (Lipinski definition) is 3. The van der Waals surface area contributed by atoms with E-state index in [0.717, 1.165) is 38.5 Å². The Morgan fingerprint density at radius 2 is 0.828 bits per heavy atom. The Morgan fingerprint density at radius 1 is 0.517 bits per heavy atom. The van der Waals surface area contributed by atoms with Crippen LogP contribution in [0.25, 0.3) is 0 Å². The smallest absolute Gasteiger partial charge is 0.391 e. The zero-order valence-electron chi connectivity index (χ0n) is 39.6. The summed E-state index contributed by atoms with van der Waals surface area (Å²) in [5.74, 6) is -0.144. The van der Waals surface area contributed by atoms with Gasteiger partial charge >= 0.3 is 7.82 Å². The molecule has 0 saturated heterocycles. The summed E-state index contributed by atoms with van der Waals surface area (Å²) in [6.45, 7) is 4.85. The minimum Gasteiger partial charge on any atom is -0.391 e. The largest absolute Gasteiger partial charge is 0.472 e. The average Bonchev–Trinajstić information content (AvgIpc) is 3.17. The van der Waals surface area contributed by atoms with Crippen LogP contribution in [-0.4, -0.2) is 73.4 Å². The summed E-state index contributed by atoms with van der Waals surface area (Å²) in [5, 5.41) is 13.8. The maximum absolute atomic E-state index is 12.8. The monoisotopic (exact) mass is 846 g/mol. The lowest BCUT2D eigenvalue weighted by Crippen LogP contribution is -2.46. The molecule has 0 fully saturated rings. The van der Waals surface area contributed by atoms with E-state index in [-0.39, 0.29) is 19.1 Å². The van der Waals surface area contributed by atoms with E-state index >= 15 is 0 Å². The van der Waals surface area contributed by atoms with E-state index in [1.165, 1.54) is 193 Å². The number of aliphatic hydroxyl groups is 1. The van der Waals surface area contributed by atoms with Gasteiger partial charge in [0.15, 0.2) is 0 Å². The van der Waals surface area contributed by atoms with Gasteiger partial charge in [-0.2, -0.15) is 0 Å². The molecule has 0 aromatic carbocycles. The standard InChI is InChI=1S/C49H101N2O6P/c1-6-8-10-12-14-15-16-17-18-19-20-21-22-23-24-25-26-27-28-29-30-31-32-33-34-35-36-37-39-41-43-49(53)50-47(48(52)42-40-38-13-11-9-7-2)46-57-58(54,55)56-45-44-51(3,4)5/h47-48,52H,6-46H2,1-5H3,(H-,50,53,54,55)/p+1. The van der Waals surface area contributed by atoms with Crippen LogP contribution in [-0.2, 0) is 18.4 Å². The summed E-state index contributed by atoms with van der Waals surface area (Å²) >= 11 is 0. The van der Waals surface area contributed by atoms with Gasteiger partial charge in [0.05, 0.1) is 39.9 Å². The first kappa shape index (κ1) is 57.5. The highest BCUT2D eigenvalue weighted by Gasteiger charge is 2.28. The van der Waals surface area contributed by atoms with Gasteiger partial charge in [-0.25, -0.2) is 4.57 Å². The second-order valence-corrected chi connectivity index (χ2v) is 20.4. The van der Waals surface area contributed by atoms with Gasteiger partial charge in [-0.3, -0.25) is 13.8 Å². The first-order valence-corrected chi connectivity index (χ1v) is 26.9. The molecule has 0 aliphatic carbocycles. The van der Waals surface area contributed by atoms with Gasteiger partial charge in [-0.05, 0) is 12.8 Å². The molecule has 0 saturated carbocycles. The number of unbranched alkanes of at least 4 members (excludes halogenated alkanes) is 34. The molecular formula is C49H102N2O6P+. The van der Waals surface area contributed by atoms with E-state index in [0.29, 0.717) is 23.9 Å². The van der Waals surface area contributed by atoms with Crippen LogP contribution in [0.4, 0.5) is 0 Å². The van der Waals surface area contributed by atoms with Crippen molar-refractivity contribution >= 4 is 13.7 Å². The minimum atomic E-state index is -4.30. The fourth-order valence-corrected chi connectivity index (χ4v) is 8.55. The van der Waals surface area contributed by atoms with Crippen LogP contribution in [0.2, 0.25) is 0 Å². The number of likely N-dealkylation sites (N-methyl/N-ethyl adjacent to an activating group) is 1. The van der Waals surface area contributed by atoms with Gasteiger partial charge in [0.25, 0.3) is 0 Å². The van der Waals surface area contributed by atoms with Crippen molar-refractivity contribution < 1.29 is 32.9 Å². The van der Waals surface area contributed by atoms with Crippen LogP contribution < -0.4 is 5.32 Å². The summed E-state index contributed by atoms with van der Waals surface area (Å²) in [6, 6.07) is -0.751. The number of aliphatic hydroxyl groups excluding tert-OH is 1. The van der Waals surface area contributed by atoms with Gasteiger partial charge < -0.3 is 19.8 Å². The van der Waals surface area contributed by atoms with Crippen molar-refractivity contribution in [3.63, 3.8) is 0 Å². The number of nitrogens with one attached hydrogen (secondary N) is 1. The van der Waals surface area contributed by atoms with Gasteiger partial charge in [0, 0.05) is 6.42 Å². The fourth-order valence-electron chi connectivity index (χ4n) is 7.81. The molecule has 0 bridgehead atoms. The highest BCUT2D eigenvalue weighted by molar-refractivity contribution is 7.47. The normalized spacial score (nSPS) is 14.1. The number of phosphoric ester groups is 1. The second kappa shape index (κ2) is 41.8. The van der Waals surface area contributed by atoms with Crippen LogP contribution in [0.15, 0.2) is 0 Å². The minimum absolute atomic E-state index is 0.0777. The molecule has 0 aliphatic heterocycles. The van der Waals surface area contributed by atoms with Crippen molar-refractivity contribution in [1.82, 2.24) is 5.32 Å². The van der Waals surface area contributed by atoms with E-state index in [1.54, 1.807) is 0 Å². The molecular weight excluding hydrogens is 744 g/mol. The first-order valence-electron chi connectivity index (χ1n) is 25.4. The number of carbonyl (C=O) groups is 1. The van der Waals surface area contributed by atoms with Gasteiger partial charge in [-0.15, -0.1) is 0 Å². The molecule has 3 N–H and O–H groups in total. The molecule has 1 amide bonds. The SMILES string of the molecule is CCCCCCCCCCCCCCCCCCCCCCCCCCCCCCCCC(=O)NC(COP(=O)(O)OCC[N+](C)(C)C)C(O)CCCCCCCC. The Balaban J connectivity index is 3.81. The van der Waals surface area contributed by atoms with Gasteiger partial charge in [0.1, 0.15) is 13.2 Å². The predicted molar refractivity (Wildman–Crippen MR) is 249 cm³/mol. The zero-order chi connectivity index (χ0) is 42.8. The van der Waals surface area contributed by atoms with E-state index in [9.17, 15) is 19.4 Å². The molecule has 3 unspecified atom stereocenters. The third-order valence-corrected chi connectivity index (χ3v) is 12.8. The number of carbonyl (C=O) groups excluding carboxylic acids is 1. The van der Waals surface area contributed by atoms with Crippen molar-refractivity contribution in [2.75, 3.05) is 40.9 Å². The van der Waals surface area contributed by atoms with Crippen LogP contribution in [0.3, 0.4) is 0 Å². The predicted octanol–water partition coefficient (Wildman–Crippen LogP) is 14.5. The maximum atomic E-state index is 12.8. The van der Waals surface area contributed by atoms with Crippen molar-refractivity contribution in [1.29, 1.82) is 0 Å². The fraction of sp³-hybridized carbons (Fsp3) is 0.980. The first-order chi connectivity index (χ1) is 28.0. The number of phosphoric acid groups is 1. The number of nitrogens with zero attached hydrogens (tertiary/aromatic N) is 1. The summed E-state index contributed by atoms with van der Waals surface area (Å²) < 4.78 is 23.5. The van der Waals surface area contributed by atoms with Crippen LogP contribution in [0, 0.1) is 0 Å². The van der Waals surface area contributed by atoms with Crippen molar-refractivity contribution in [3.8, 4) is 0 Å². The molecule has 0 aromatic heterocycles. The zero-order valence-corrected chi connectivity index (χ0v) is 40.5. The lowest BCUT2D eigenvalue weighted by Gasteiger charge is -2.26. The summed E-state index contributed by atoms with van der Waals surface area (Å²) in [6.07, 6.45) is 47.7. The van der Waals surface area contributed by atoms with Gasteiger partial charge in [0.2, 0.25) is 5.91 Å². The maximum Gasteiger partial charge on any atom is 0.472 e. The second-order valence-electron chi connectivity index (χ2n) is 18.9. The Kier molecular flexibility index (Phi) is 41.5. The third-order valence-electron chi connectivity index (χ3n) is 11.9. The summed E-state index contributed by atoms with van der Waals surface area (Å²) in [5.41, 5.74) is 0. The topological polar surface area (TPSA) is 105 Å². The van der Waals surface area contributed by atoms with E-state index in [4.69, 9.17) is 9.05 Å². The Morgan fingerprint density at radius 3 is 1.16 bits per heavy atom. The van der Waals surface area contributed by atoms with E-state index < -0.39 is 20.0 Å². The van der Waals surface area contributed by atoms with Gasteiger partial charge in [-0.1, -0.05) is 239 Å². The van der Waals surface area contributed by atoms with Crippen molar-refractivity contribution in [2.24, 2.45) is 0 Å². The Labute approximate surface area is 361 Å². The van der Waals surface area contributed by atoms with Crippen LogP contribution in [0.5, 0.6) is 0 Å². The lowest BCUT2D eigenvalue weighted by molar-refractivity contribution is -0.870. The Hall–Kier alpha value is -0.500. The molecule has 9 heteroatoms. The van der Waals surface area contributed by atoms with Crippen molar-refractivity contribution in [2.45, 2.75) is 270 Å². The highest BCUT2D eigenvalue weighted by Crippen LogP contribution is 2.43. The molecule has 58 heavy (non-hydrogen) atoms. The molecule has 0 aromatic rings. The average molecular weight is 846 g/mol. The van der Waals surface area contributed by atoms with E-state index in [1.807, 2.05) is 21.1 Å². The highest BCUT2D eigenvalue weighted by atomic mass is 31.2. The number of quaternary nitrogens is 1.